The van der Waals surface area contributed by atoms with Crippen molar-refractivity contribution in [3.05, 3.63) is 12.1 Å². The number of carbonyl (C=O) groups is 1. The number of ether oxygens (including phenoxy) is 2. The summed E-state index contributed by atoms with van der Waals surface area (Å²) in [7, 11) is -0.0854. The maximum atomic E-state index is 12.2. The molecule has 2 amide bonds. The molecule has 1 heterocycles. The van der Waals surface area contributed by atoms with Crippen molar-refractivity contribution in [3.8, 4) is 11.5 Å². The number of rotatable bonds is 4. The molecule has 1 aromatic rings. The molecule has 0 bridgehead atoms. The van der Waals surface area contributed by atoms with E-state index in [0.29, 0.717) is 30.3 Å². The van der Waals surface area contributed by atoms with E-state index >= 15 is 0 Å². The van der Waals surface area contributed by atoms with E-state index in [1.165, 1.54) is 26.5 Å². The third-order valence-corrected chi connectivity index (χ3v) is 4.72. The maximum Gasteiger partial charge on any atom is 0.321 e. The Balaban J connectivity index is 2.41. The number of nitrogens with one attached hydrogen (secondary N) is 2. The highest BCUT2D eigenvalue weighted by Crippen LogP contribution is 2.36. The topological polar surface area (TPSA) is 91.7 Å². The molecule has 0 radical (unpaired) electrons. The number of methoxy groups -OCH3 is 2. The van der Waals surface area contributed by atoms with Gasteiger partial charge in [-0.2, -0.15) is 0 Å². The monoisotopic (exact) mass is 327 g/mol. The lowest BCUT2D eigenvalue weighted by molar-refractivity contribution is 0.222. The van der Waals surface area contributed by atoms with Crippen molar-refractivity contribution in [2.75, 3.05) is 38.9 Å². The third-order valence-electron chi connectivity index (χ3n) is 3.54. The maximum absolute atomic E-state index is 12.2. The number of carbonyl (C=O) groups excluding carboxylic acids is 1. The second kappa shape index (κ2) is 6.43. The number of nitrogens with zero attached hydrogens (tertiary/aromatic N) is 1. The van der Waals surface area contributed by atoms with E-state index in [0.717, 1.165) is 12.8 Å². The van der Waals surface area contributed by atoms with Crippen LogP contribution in [-0.4, -0.2) is 48.7 Å². The number of hydrogen-bond acceptors (Lipinski definition) is 5. The van der Waals surface area contributed by atoms with E-state index in [-0.39, 0.29) is 10.9 Å². The number of likely N-dealkylation sites (tertiary alicyclic amines) is 1. The van der Waals surface area contributed by atoms with Crippen LogP contribution in [0, 0.1) is 4.78 Å². The predicted octanol–water partition coefficient (Wildman–Crippen LogP) is 2.37. The van der Waals surface area contributed by atoms with Gasteiger partial charge in [0.15, 0.2) is 11.5 Å². The molecule has 1 fully saturated rings. The Labute approximate surface area is 130 Å². The van der Waals surface area contributed by atoms with Gasteiger partial charge in [0, 0.05) is 31.5 Å². The molecule has 8 heteroatoms. The lowest BCUT2D eigenvalue weighted by Crippen LogP contribution is -2.32. The summed E-state index contributed by atoms with van der Waals surface area (Å²) in [5.74, 6) is 0.783. The van der Waals surface area contributed by atoms with E-state index in [1.807, 2.05) is 0 Å². The van der Waals surface area contributed by atoms with Crippen molar-refractivity contribution in [3.63, 3.8) is 0 Å². The molecule has 1 aromatic carbocycles. The Morgan fingerprint density at radius 2 is 1.77 bits per heavy atom. The number of urea groups is 1. The number of anilines is 1. The first kappa shape index (κ1) is 16.4. The molecule has 2 rings (SSSR count). The Morgan fingerprint density at radius 1 is 1.23 bits per heavy atom. The molecule has 1 unspecified atom stereocenters. The normalized spacial score (nSPS) is 17.0. The molecule has 0 saturated carbocycles. The summed E-state index contributed by atoms with van der Waals surface area (Å²) < 4.78 is 30.4. The largest absolute Gasteiger partial charge is 0.493 e. The van der Waals surface area contributed by atoms with Crippen molar-refractivity contribution in [2.45, 2.75) is 17.7 Å². The molecular weight excluding hydrogens is 306 g/mol. The van der Waals surface area contributed by atoms with Crippen molar-refractivity contribution in [2.24, 2.45) is 0 Å². The van der Waals surface area contributed by atoms with Gasteiger partial charge >= 0.3 is 6.03 Å². The third kappa shape index (κ3) is 3.44. The second-order valence-corrected chi connectivity index (χ2v) is 7.30. The lowest BCUT2D eigenvalue weighted by Gasteiger charge is -2.19. The van der Waals surface area contributed by atoms with Crippen LogP contribution in [0.4, 0.5) is 10.5 Å². The molecule has 1 aliphatic heterocycles. The van der Waals surface area contributed by atoms with Gasteiger partial charge in [0.1, 0.15) is 0 Å². The van der Waals surface area contributed by atoms with Gasteiger partial charge in [-0.05, 0) is 12.8 Å². The average molecular weight is 327 g/mol. The molecule has 0 aromatic heterocycles. The van der Waals surface area contributed by atoms with Crippen LogP contribution in [0.5, 0.6) is 11.5 Å². The van der Waals surface area contributed by atoms with Crippen LogP contribution in [0.1, 0.15) is 12.8 Å². The molecule has 2 N–H and O–H groups in total. The molecule has 122 valence electrons. The van der Waals surface area contributed by atoms with Crippen LogP contribution in [-0.2, 0) is 9.73 Å². The summed E-state index contributed by atoms with van der Waals surface area (Å²) in [5, 5.41) is 2.74. The molecule has 1 atom stereocenters. The quantitative estimate of drug-likeness (QED) is 0.888. The summed E-state index contributed by atoms with van der Waals surface area (Å²) in [6.45, 7) is 1.41. The van der Waals surface area contributed by atoms with Crippen LogP contribution in [0.25, 0.3) is 0 Å². The van der Waals surface area contributed by atoms with Gasteiger partial charge in [0.2, 0.25) is 0 Å². The zero-order valence-corrected chi connectivity index (χ0v) is 13.8. The summed E-state index contributed by atoms with van der Waals surface area (Å²) in [4.78, 5) is 14.2. The van der Waals surface area contributed by atoms with Crippen molar-refractivity contribution in [1.29, 1.82) is 4.78 Å². The number of benzene rings is 1. The molecule has 1 aliphatic rings. The minimum Gasteiger partial charge on any atom is -0.493 e. The number of amides is 2. The highest BCUT2D eigenvalue weighted by Gasteiger charge is 2.22. The van der Waals surface area contributed by atoms with Crippen molar-refractivity contribution in [1.82, 2.24) is 4.90 Å². The van der Waals surface area contributed by atoms with E-state index in [9.17, 15) is 9.00 Å². The van der Waals surface area contributed by atoms with E-state index in [2.05, 4.69) is 5.32 Å². The molecule has 0 aliphatic carbocycles. The van der Waals surface area contributed by atoms with Gasteiger partial charge < -0.3 is 19.7 Å². The smallest absolute Gasteiger partial charge is 0.321 e. The highest BCUT2D eigenvalue weighted by molar-refractivity contribution is 7.91. The summed E-state index contributed by atoms with van der Waals surface area (Å²) in [6.07, 6.45) is 3.27. The number of hydrogen-bond donors (Lipinski definition) is 2. The van der Waals surface area contributed by atoms with Gasteiger partial charge in [-0.3, -0.25) is 0 Å². The van der Waals surface area contributed by atoms with Crippen LogP contribution < -0.4 is 14.8 Å². The highest BCUT2D eigenvalue weighted by atomic mass is 32.2. The molecule has 22 heavy (non-hydrogen) atoms. The fourth-order valence-electron chi connectivity index (χ4n) is 2.39. The Kier molecular flexibility index (Phi) is 4.80. The zero-order valence-electron chi connectivity index (χ0n) is 13.0. The molecule has 1 saturated heterocycles. The Bertz CT molecular complexity index is 667. The fraction of sp³-hybridized carbons (Fsp3) is 0.500. The van der Waals surface area contributed by atoms with E-state index < -0.39 is 9.73 Å². The van der Waals surface area contributed by atoms with Gasteiger partial charge in [0.05, 0.1) is 34.5 Å². The lowest BCUT2D eigenvalue weighted by atomic mass is 10.2. The van der Waals surface area contributed by atoms with Crippen LogP contribution in [0.3, 0.4) is 0 Å². The van der Waals surface area contributed by atoms with Gasteiger partial charge in [-0.1, -0.05) is 0 Å². The van der Waals surface area contributed by atoms with Gasteiger partial charge in [-0.25, -0.2) is 13.8 Å². The van der Waals surface area contributed by atoms with Crippen molar-refractivity contribution >= 4 is 21.4 Å². The first-order chi connectivity index (χ1) is 10.4. The summed E-state index contributed by atoms with van der Waals surface area (Å²) in [6, 6.07) is 2.77. The molecule has 7 nitrogen and oxygen atoms in total. The average Bonchev–Trinajstić information content (AvgIpc) is 2.99. The standard InChI is InChI=1S/C14H21N3O4S/c1-20-11-8-10(16-14(18)17-6-4-5-7-17)13(22(3,15)19)9-12(11)21-2/h8-9,15H,4-7H2,1-3H3,(H,16,18). The molecular formula is C14H21N3O4S. The summed E-state index contributed by atoms with van der Waals surface area (Å²) >= 11 is 0. The molecule has 0 spiro atoms. The minimum absolute atomic E-state index is 0.220. The van der Waals surface area contributed by atoms with Gasteiger partial charge in [-0.15, -0.1) is 0 Å². The fourth-order valence-corrected chi connectivity index (χ4v) is 3.26. The Hall–Kier alpha value is -1.96. The van der Waals surface area contributed by atoms with Crippen LogP contribution in [0.15, 0.2) is 17.0 Å². The van der Waals surface area contributed by atoms with Gasteiger partial charge in [0.25, 0.3) is 0 Å². The minimum atomic E-state index is -3.03. The Morgan fingerprint density at radius 3 is 2.27 bits per heavy atom. The SMILES string of the molecule is COc1cc(NC(=O)N2CCCC2)c(S(C)(=N)=O)cc1OC. The van der Waals surface area contributed by atoms with Crippen molar-refractivity contribution < 1.29 is 18.5 Å². The predicted molar refractivity (Wildman–Crippen MR) is 84.4 cm³/mol. The van der Waals surface area contributed by atoms with Crippen LogP contribution in [0.2, 0.25) is 0 Å². The zero-order chi connectivity index (χ0) is 16.3. The van der Waals surface area contributed by atoms with Crippen LogP contribution >= 0.6 is 0 Å². The van der Waals surface area contributed by atoms with E-state index in [4.69, 9.17) is 14.3 Å². The van der Waals surface area contributed by atoms with E-state index in [1.54, 1.807) is 11.0 Å². The first-order valence-corrected chi connectivity index (χ1v) is 8.89. The first-order valence-electron chi connectivity index (χ1n) is 6.92. The second-order valence-electron chi connectivity index (χ2n) is 5.17. The summed E-state index contributed by atoms with van der Waals surface area (Å²) in [5.41, 5.74) is 0.317.